The molecule has 1 fully saturated rings. The fraction of sp³-hybridized carbons (Fsp3) is 0.455. The molecule has 0 unspecified atom stereocenters. The number of rotatable bonds is 3. The number of hydrogen-bond donors (Lipinski definition) is 0. The Morgan fingerprint density at radius 2 is 1.81 bits per heavy atom. The number of ether oxygens (including phenoxy) is 1. The largest absolute Gasteiger partial charge is 0.444 e. The van der Waals surface area contributed by atoms with Gasteiger partial charge in [-0.05, 0) is 74.8 Å². The summed E-state index contributed by atoms with van der Waals surface area (Å²) >= 11 is 0. The number of carbonyl (C=O) groups is 1. The van der Waals surface area contributed by atoms with E-state index in [4.69, 9.17) is 4.74 Å². The lowest BCUT2D eigenvalue weighted by Crippen LogP contribution is -2.42. The topological polar surface area (TPSA) is 42.4 Å². The maximum atomic E-state index is 12.2. The van der Waals surface area contributed by atoms with Crippen LogP contribution in [0.4, 0.5) is 4.79 Å². The summed E-state index contributed by atoms with van der Waals surface area (Å²) in [7, 11) is 0. The van der Waals surface area contributed by atoms with Crippen molar-refractivity contribution in [2.75, 3.05) is 13.1 Å². The minimum atomic E-state index is -0.429. The zero-order valence-corrected chi connectivity index (χ0v) is 15.9. The molecule has 1 aromatic carbocycles. The summed E-state index contributed by atoms with van der Waals surface area (Å²) in [5.41, 5.74) is 3.36. The van der Waals surface area contributed by atoms with Gasteiger partial charge < -0.3 is 9.64 Å². The molecule has 1 aliphatic rings. The van der Waals surface area contributed by atoms with Gasteiger partial charge in [-0.2, -0.15) is 0 Å². The number of hydrogen-bond acceptors (Lipinski definition) is 3. The van der Waals surface area contributed by atoms with Crippen molar-refractivity contribution in [1.82, 2.24) is 9.88 Å². The molecule has 0 aliphatic carbocycles. The molecule has 3 rings (SSSR count). The summed E-state index contributed by atoms with van der Waals surface area (Å²) in [5, 5.41) is 0. The van der Waals surface area contributed by atoms with Crippen LogP contribution in [0.1, 0.15) is 39.2 Å². The summed E-state index contributed by atoms with van der Waals surface area (Å²) < 4.78 is 5.48. The number of benzene rings is 1. The lowest BCUT2D eigenvalue weighted by atomic mass is 9.89. The Labute approximate surface area is 156 Å². The number of carbonyl (C=O) groups excluding carboxylic acids is 1. The van der Waals surface area contributed by atoms with Crippen LogP contribution in [0.5, 0.6) is 0 Å². The van der Waals surface area contributed by atoms with Crippen LogP contribution < -0.4 is 0 Å². The molecule has 1 amide bonds. The second-order valence-electron chi connectivity index (χ2n) is 8.05. The Morgan fingerprint density at radius 3 is 2.46 bits per heavy atom. The third-order valence-electron chi connectivity index (χ3n) is 4.73. The van der Waals surface area contributed by atoms with Crippen LogP contribution in [0.2, 0.25) is 0 Å². The summed E-state index contributed by atoms with van der Waals surface area (Å²) in [6, 6.07) is 12.8. The van der Waals surface area contributed by atoms with E-state index in [0.717, 1.165) is 32.4 Å². The maximum Gasteiger partial charge on any atom is 0.410 e. The van der Waals surface area contributed by atoms with Crippen molar-refractivity contribution in [2.45, 2.75) is 45.6 Å². The lowest BCUT2D eigenvalue weighted by molar-refractivity contribution is 0.0184. The monoisotopic (exact) mass is 352 g/mol. The van der Waals surface area contributed by atoms with Gasteiger partial charge in [-0.3, -0.25) is 4.98 Å². The van der Waals surface area contributed by atoms with E-state index in [1.165, 1.54) is 16.7 Å². The minimum absolute atomic E-state index is 0.185. The SMILES string of the molecule is CC(C)(C)OC(=O)N1CCC(Cc2cccc(-c3ccncc3)c2)CC1. The fourth-order valence-corrected chi connectivity index (χ4v) is 3.40. The molecule has 0 atom stereocenters. The van der Waals surface area contributed by atoms with E-state index in [2.05, 4.69) is 29.2 Å². The molecule has 26 heavy (non-hydrogen) atoms. The van der Waals surface area contributed by atoms with Crippen molar-refractivity contribution in [3.05, 3.63) is 54.4 Å². The third-order valence-corrected chi connectivity index (χ3v) is 4.73. The van der Waals surface area contributed by atoms with Crippen LogP contribution >= 0.6 is 0 Å². The molecular weight excluding hydrogens is 324 g/mol. The predicted molar refractivity (Wildman–Crippen MR) is 104 cm³/mol. The average Bonchev–Trinajstić information content (AvgIpc) is 2.62. The molecule has 2 aromatic rings. The number of nitrogens with zero attached hydrogens (tertiary/aromatic N) is 2. The van der Waals surface area contributed by atoms with Crippen LogP contribution in [0, 0.1) is 5.92 Å². The normalized spacial score (nSPS) is 15.7. The van der Waals surface area contributed by atoms with Crippen LogP contribution in [0.3, 0.4) is 0 Å². The van der Waals surface area contributed by atoms with E-state index in [1.807, 2.05) is 50.2 Å². The van der Waals surface area contributed by atoms with E-state index in [0.29, 0.717) is 5.92 Å². The first-order chi connectivity index (χ1) is 12.4. The molecule has 4 heteroatoms. The van der Waals surface area contributed by atoms with Crippen molar-refractivity contribution in [3.8, 4) is 11.1 Å². The first kappa shape index (κ1) is 18.4. The molecule has 0 N–H and O–H groups in total. The molecule has 0 saturated carbocycles. The van der Waals surface area contributed by atoms with Crippen LogP contribution in [-0.4, -0.2) is 34.7 Å². The Morgan fingerprint density at radius 1 is 1.12 bits per heavy atom. The highest BCUT2D eigenvalue weighted by atomic mass is 16.6. The highest BCUT2D eigenvalue weighted by Gasteiger charge is 2.26. The van der Waals surface area contributed by atoms with E-state index in [9.17, 15) is 4.79 Å². The Bertz CT molecular complexity index is 729. The molecule has 0 bridgehead atoms. The minimum Gasteiger partial charge on any atom is -0.444 e. The highest BCUT2D eigenvalue weighted by molar-refractivity contribution is 5.68. The van der Waals surface area contributed by atoms with Crippen molar-refractivity contribution in [1.29, 1.82) is 0 Å². The number of amides is 1. The molecule has 1 aromatic heterocycles. The summed E-state index contributed by atoms with van der Waals surface area (Å²) in [6.45, 7) is 7.29. The number of piperidine rings is 1. The molecule has 1 saturated heterocycles. The zero-order chi connectivity index (χ0) is 18.6. The molecule has 4 nitrogen and oxygen atoms in total. The molecule has 1 aliphatic heterocycles. The molecule has 0 radical (unpaired) electrons. The smallest absolute Gasteiger partial charge is 0.410 e. The van der Waals surface area contributed by atoms with Crippen LogP contribution in [-0.2, 0) is 11.2 Å². The van der Waals surface area contributed by atoms with Gasteiger partial charge in [-0.1, -0.05) is 24.3 Å². The number of likely N-dealkylation sites (tertiary alicyclic amines) is 1. The van der Waals surface area contributed by atoms with Gasteiger partial charge in [-0.25, -0.2) is 4.79 Å². The quantitative estimate of drug-likeness (QED) is 0.786. The second kappa shape index (κ2) is 7.90. The van der Waals surface area contributed by atoms with Gasteiger partial charge in [0.05, 0.1) is 0 Å². The van der Waals surface area contributed by atoms with Crippen molar-refractivity contribution in [3.63, 3.8) is 0 Å². The van der Waals surface area contributed by atoms with Crippen molar-refractivity contribution in [2.24, 2.45) is 5.92 Å². The number of aromatic nitrogens is 1. The summed E-state index contributed by atoms with van der Waals surface area (Å²) in [4.78, 5) is 18.1. The molecule has 0 spiro atoms. The Hall–Kier alpha value is -2.36. The van der Waals surface area contributed by atoms with E-state index >= 15 is 0 Å². The van der Waals surface area contributed by atoms with Crippen molar-refractivity contribution < 1.29 is 9.53 Å². The molecule has 2 heterocycles. The van der Waals surface area contributed by atoms with Gasteiger partial charge in [0.25, 0.3) is 0 Å². The maximum absolute atomic E-state index is 12.2. The molecule has 138 valence electrons. The van der Waals surface area contributed by atoms with Crippen molar-refractivity contribution >= 4 is 6.09 Å². The van der Waals surface area contributed by atoms with Gasteiger partial charge in [0.15, 0.2) is 0 Å². The standard InChI is InChI=1S/C22H28N2O2/c1-22(2,3)26-21(25)24-13-9-17(10-14-24)15-18-5-4-6-20(16-18)19-7-11-23-12-8-19/h4-8,11-12,16-17H,9-10,13-15H2,1-3H3. The fourth-order valence-electron chi connectivity index (χ4n) is 3.40. The van der Waals surface area contributed by atoms with Gasteiger partial charge in [0.2, 0.25) is 0 Å². The van der Waals surface area contributed by atoms with Crippen LogP contribution in [0.15, 0.2) is 48.8 Å². The van der Waals surface area contributed by atoms with E-state index < -0.39 is 5.60 Å². The zero-order valence-electron chi connectivity index (χ0n) is 15.9. The second-order valence-corrected chi connectivity index (χ2v) is 8.05. The van der Waals surface area contributed by atoms with Crippen LogP contribution in [0.25, 0.3) is 11.1 Å². The predicted octanol–water partition coefficient (Wildman–Crippen LogP) is 4.94. The average molecular weight is 352 g/mol. The van der Waals surface area contributed by atoms with Gasteiger partial charge in [-0.15, -0.1) is 0 Å². The van der Waals surface area contributed by atoms with Gasteiger partial charge >= 0.3 is 6.09 Å². The first-order valence-electron chi connectivity index (χ1n) is 9.38. The first-order valence-corrected chi connectivity index (χ1v) is 9.38. The highest BCUT2D eigenvalue weighted by Crippen LogP contribution is 2.26. The number of pyridine rings is 1. The summed E-state index contributed by atoms with van der Waals surface area (Å²) in [5.74, 6) is 0.612. The summed E-state index contributed by atoms with van der Waals surface area (Å²) in [6.07, 6.45) is 6.58. The lowest BCUT2D eigenvalue weighted by Gasteiger charge is -2.33. The Kier molecular flexibility index (Phi) is 5.60. The third kappa shape index (κ3) is 5.07. The van der Waals surface area contributed by atoms with E-state index in [1.54, 1.807) is 0 Å². The molecular formula is C22H28N2O2. The Balaban J connectivity index is 1.56. The van der Waals surface area contributed by atoms with Gasteiger partial charge in [0.1, 0.15) is 5.60 Å². The van der Waals surface area contributed by atoms with E-state index in [-0.39, 0.29) is 6.09 Å². The van der Waals surface area contributed by atoms with Gasteiger partial charge in [0, 0.05) is 25.5 Å².